The van der Waals surface area contributed by atoms with Crippen LogP contribution in [0.3, 0.4) is 0 Å². The molecule has 10 heteroatoms. The monoisotopic (exact) mass is 573 g/mol. The van der Waals surface area contributed by atoms with Crippen LogP contribution < -0.4 is 15.0 Å². The molecule has 0 aliphatic heterocycles. The summed E-state index contributed by atoms with van der Waals surface area (Å²) in [6.07, 6.45) is -2.38. The first-order valence-corrected chi connectivity index (χ1v) is 12.2. The molecule has 0 N–H and O–H groups in total. The van der Waals surface area contributed by atoms with E-state index < -0.39 is 17.3 Å². The highest BCUT2D eigenvalue weighted by atomic mass is 79.9. The Morgan fingerprint density at radius 3 is 2.59 bits per heavy atom. The maximum Gasteiger partial charge on any atom is 0.416 e. The molecule has 1 aromatic heterocycles. The van der Waals surface area contributed by atoms with Crippen molar-refractivity contribution in [3.8, 4) is 22.9 Å². The molecular weight excluding hydrogens is 551 g/mol. The Morgan fingerprint density at radius 1 is 1.14 bits per heavy atom. The number of benzene rings is 3. The molecule has 4 rings (SSSR count). The van der Waals surface area contributed by atoms with Crippen molar-refractivity contribution in [2.45, 2.75) is 32.5 Å². The molecule has 0 spiro atoms. The van der Waals surface area contributed by atoms with E-state index in [4.69, 9.17) is 9.47 Å². The van der Waals surface area contributed by atoms with Gasteiger partial charge in [-0.05, 0) is 71.2 Å². The maximum atomic E-state index is 13.4. The molecule has 1 heterocycles. The fourth-order valence-electron chi connectivity index (χ4n) is 3.59. The second-order valence-electron chi connectivity index (χ2n) is 8.26. The van der Waals surface area contributed by atoms with E-state index >= 15 is 0 Å². The smallest absolute Gasteiger partial charge is 0.416 e. The van der Waals surface area contributed by atoms with Gasteiger partial charge < -0.3 is 9.47 Å². The SMILES string of the molecule is CC[C@H](C)Oc1c(Br)cc(C=Nn2c(-c3cccc(C(F)(F)F)c3)nc3ccccc3c2=O)cc1OC. The van der Waals surface area contributed by atoms with Gasteiger partial charge >= 0.3 is 6.18 Å². The summed E-state index contributed by atoms with van der Waals surface area (Å²) < 4.78 is 53.2. The summed E-state index contributed by atoms with van der Waals surface area (Å²) >= 11 is 3.49. The van der Waals surface area contributed by atoms with Gasteiger partial charge in [-0.15, -0.1) is 0 Å². The van der Waals surface area contributed by atoms with Crippen molar-refractivity contribution in [3.63, 3.8) is 0 Å². The summed E-state index contributed by atoms with van der Waals surface area (Å²) in [6.45, 7) is 3.94. The van der Waals surface area contributed by atoms with Gasteiger partial charge in [-0.1, -0.05) is 31.2 Å². The fraction of sp³-hybridized carbons (Fsp3) is 0.222. The number of hydrogen-bond donors (Lipinski definition) is 0. The summed E-state index contributed by atoms with van der Waals surface area (Å²) in [5.74, 6) is 0.968. The van der Waals surface area contributed by atoms with Gasteiger partial charge in [0.2, 0.25) is 0 Å². The summed E-state index contributed by atoms with van der Waals surface area (Å²) in [4.78, 5) is 17.8. The van der Waals surface area contributed by atoms with Gasteiger partial charge in [-0.25, -0.2) is 4.98 Å². The van der Waals surface area contributed by atoms with Crippen molar-refractivity contribution in [3.05, 3.63) is 86.6 Å². The number of fused-ring (bicyclic) bond motifs is 1. The average molecular weight is 574 g/mol. The van der Waals surface area contributed by atoms with E-state index in [9.17, 15) is 18.0 Å². The van der Waals surface area contributed by atoms with Crippen molar-refractivity contribution in [1.82, 2.24) is 9.66 Å². The molecule has 0 amide bonds. The molecule has 6 nitrogen and oxygen atoms in total. The fourth-order valence-corrected chi connectivity index (χ4v) is 4.14. The molecule has 37 heavy (non-hydrogen) atoms. The van der Waals surface area contributed by atoms with Gasteiger partial charge in [0.05, 0.1) is 40.4 Å². The lowest BCUT2D eigenvalue weighted by Crippen LogP contribution is -2.20. The summed E-state index contributed by atoms with van der Waals surface area (Å²) in [7, 11) is 1.51. The third-order valence-corrected chi connectivity index (χ3v) is 6.26. The van der Waals surface area contributed by atoms with Crippen LogP contribution in [0.25, 0.3) is 22.3 Å². The number of halogens is 4. The van der Waals surface area contributed by atoms with Gasteiger partial charge in [0.1, 0.15) is 0 Å². The van der Waals surface area contributed by atoms with Gasteiger partial charge in [0, 0.05) is 5.56 Å². The Bertz CT molecular complexity index is 1530. The molecule has 0 saturated heterocycles. The lowest BCUT2D eigenvalue weighted by atomic mass is 10.1. The van der Waals surface area contributed by atoms with Crippen molar-refractivity contribution < 1.29 is 22.6 Å². The van der Waals surface area contributed by atoms with E-state index in [1.54, 1.807) is 36.4 Å². The maximum absolute atomic E-state index is 13.4. The number of nitrogens with zero attached hydrogens (tertiary/aromatic N) is 3. The Balaban J connectivity index is 1.86. The zero-order valence-electron chi connectivity index (χ0n) is 20.2. The highest BCUT2D eigenvalue weighted by Crippen LogP contribution is 2.37. The van der Waals surface area contributed by atoms with Crippen molar-refractivity contribution >= 4 is 33.0 Å². The van der Waals surface area contributed by atoms with Gasteiger partial charge in [0.25, 0.3) is 5.56 Å². The average Bonchev–Trinajstić information content (AvgIpc) is 2.88. The number of ether oxygens (including phenoxy) is 2. The third-order valence-electron chi connectivity index (χ3n) is 5.67. The predicted octanol–water partition coefficient (Wildman–Crippen LogP) is 6.91. The number of aromatic nitrogens is 2. The molecule has 0 saturated carbocycles. The molecule has 0 aliphatic carbocycles. The van der Waals surface area contributed by atoms with Crippen molar-refractivity contribution in [1.29, 1.82) is 0 Å². The molecule has 0 unspecified atom stereocenters. The van der Waals surface area contributed by atoms with Gasteiger partial charge in [0.15, 0.2) is 17.3 Å². The zero-order chi connectivity index (χ0) is 26.7. The van der Waals surface area contributed by atoms with Crippen LogP contribution >= 0.6 is 15.9 Å². The zero-order valence-corrected chi connectivity index (χ0v) is 21.8. The first-order chi connectivity index (χ1) is 17.6. The molecular formula is C27H23BrF3N3O3. The number of methoxy groups -OCH3 is 1. The molecule has 3 aromatic carbocycles. The van der Waals surface area contributed by atoms with Gasteiger partial charge in [-0.2, -0.15) is 22.9 Å². The highest BCUT2D eigenvalue weighted by Gasteiger charge is 2.31. The first-order valence-electron chi connectivity index (χ1n) is 11.4. The second kappa shape index (κ2) is 10.8. The molecule has 0 aliphatic rings. The summed E-state index contributed by atoms with van der Waals surface area (Å²) in [6, 6.07) is 14.7. The van der Waals surface area contributed by atoms with Crippen LogP contribution in [0.4, 0.5) is 13.2 Å². The number of para-hydroxylation sites is 1. The van der Waals surface area contributed by atoms with Crippen LogP contribution in [0.15, 0.2) is 75.0 Å². The topological polar surface area (TPSA) is 65.7 Å². The molecule has 0 fully saturated rings. The van der Waals surface area contributed by atoms with E-state index in [1.165, 1.54) is 25.5 Å². The Kier molecular flexibility index (Phi) is 7.68. The standard InChI is InChI=1S/C27H23BrF3N3O3/c1-4-16(2)37-24-21(28)12-17(13-23(24)36-3)15-32-34-25(18-8-7-9-19(14-18)27(29,30)31)33-22-11-6-5-10-20(22)26(34)35/h5-16H,4H2,1-3H3/t16-/m0/s1. The summed E-state index contributed by atoms with van der Waals surface area (Å²) in [5, 5.41) is 4.62. The minimum atomic E-state index is -4.55. The second-order valence-corrected chi connectivity index (χ2v) is 9.12. The van der Waals surface area contributed by atoms with E-state index in [-0.39, 0.29) is 22.9 Å². The van der Waals surface area contributed by atoms with Crippen LogP contribution in [0.1, 0.15) is 31.4 Å². The van der Waals surface area contributed by atoms with Crippen LogP contribution in [0, 0.1) is 0 Å². The minimum absolute atomic E-state index is 0.0196. The lowest BCUT2D eigenvalue weighted by Gasteiger charge is -2.17. The predicted molar refractivity (Wildman–Crippen MR) is 141 cm³/mol. The number of hydrogen-bond acceptors (Lipinski definition) is 5. The first kappa shape index (κ1) is 26.4. The lowest BCUT2D eigenvalue weighted by molar-refractivity contribution is -0.137. The van der Waals surface area contributed by atoms with E-state index in [0.717, 1.165) is 23.2 Å². The minimum Gasteiger partial charge on any atom is -0.493 e. The Morgan fingerprint density at radius 2 is 1.89 bits per heavy atom. The van der Waals surface area contributed by atoms with Gasteiger partial charge in [-0.3, -0.25) is 4.79 Å². The highest BCUT2D eigenvalue weighted by molar-refractivity contribution is 9.10. The van der Waals surface area contributed by atoms with Crippen molar-refractivity contribution in [2.75, 3.05) is 7.11 Å². The summed E-state index contributed by atoms with van der Waals surface area (Å²) in [5.41, 5.74) is -0.353. The molecule has 192 valence electrons. The quantitative estimate of drug-likeness (QED) is 0.225. The normalized spacial score (nSPS) is 12.7. The van der Waals surface area contributed by atoms with Crippen LogP contribution in [0.2, 0.25) is 0 Å². The third kappa shape index (κ3) is 5.69. The Labute approximate surface area is 219 Å². The molecule has 0 radical (unpaired) electrons. The molecule has 1 atom stereocenters. The Hall–Kier alpha value is -3.66. The molecule has 4 aromatic rings. The van der Waals surface area contributed by atoms with E-state index in [2.05, 4.69) is 26.0 Å². The van der Waals surface area contributed by atoms with Crippen LogP contribution in [0.5, 0.6) is 11.5 Å². The van der Waals surface area contributed by atoms with E-state index in [0.29, 0.717) is 27.1 Å². The largest absolute Gasteiger partial charge is 0.493 e. The van der Waals surface area contributed by atoms with Crippen LogP contribution in [-0.4, -0.2) is 29.1 Å². The van der Waals surface area contributed by atoms with Crippen LogP contribution in [-0.2, 0) is 6.18 Å². The molecule has 0 bridgehead atoms. The van der Waals surface area contributed by atoms with E-state index in [1.807, 2.05) is 13.8 Å². The van der Waals surface area contributed by atoms with Crippen molar-refractivity contribution in [2.24, 2.45) is 5.10 Å². The number of rotatable bonds is 7. The number of alkyl halides is 3.